The Labute approximate surface area is 167 Å². The molecule has 150 valence electrons. The molecule has 1 aliphatic rings. The van der Waals surface area contributed by atoms with E-state index in [1.165, 1.54) is 6.07 Å². The number of aryl methyl sites for hydroxylation is 1. The lowest BCUT2D eigenvalue weighted by Crippen LogP contribution is -2.49. The molecule has 1 amide bonds. The summed E-state index contributed by atoms with van der Waals surface area (Å²) in [4.78, 5) is 28.4. The van der Waals surface area contributed by atoms with Gasteiger partial charge >= 0.3 is 5.97 Å². The zero-order valence-corrected chi connectivity index (χ0v) is 16.1. The minimum absolute atomic E-state index is 0.0304. The molecule has 6 nitrogen and oxygen atoms in total. The molecular formula is C22H22FN3O3. The van der Waals surface area contributed by atoms with Crippen LogP contribution in [0.25, 0.3) is 10.9 Å². The number of halogens is 1. The Kier molecular flexibility index (Phi) is 4.96. The molecule has 1 aromatic heterocycles. The van der Waals surface area contributed by atoms with Crippen molar-refractivity contribution in [1.29, 1.82) is 0 Å². The van der Waals surface area contributed by atoms with Gasteiger partial charge in [-0.05, 0) is 18.2 Å². The van der Waals surface area contributed by atoms with Crippen molar-refractivity contribution in [3.8, 4) is 0 Å². The third-order valence-electron chi connectivity index (χ3n) is 5.57. The molecule has 0 unspecified atom stereocenters. The monoisotopic (exact) mass is 395 g/mol. The molecule has 1 fully saturated rings. The molecule has 1 saturated heterocycles. The van der Waals surface area contributed by atoms with Crippen LogP contribution in [0.15, 0.2) is 48.5 Å². The molecule has 0 bridgehead atoms. The van der Waals surface area contributed by atoms with Crippen LogP contribution in [0, 0.1) is 5.82 Å². The van der Waals surface area contributed by atoms with Crippen molar-refractivity contribution >= 4 is 28.5 Å². The van der Waals surface area contributed by atoms with E-state index < -0.39 is 5.97 Å². The summed E-state index contributed by atoms with van der Waals surface area (Å²) >= 11 is 0. The van der Waals surface area contributed by atoms with Crippen molar-refractivity contribution in [2.75, 3.05) is 31.1 Å². The Hall–Kier alpha value is -3.35. The summed E-state index contributed by atoms with van der Waals surface area (Å²) in [5, 5.41) is 10.5. The minimum Gasteiger partial charge on any atom is -0.477 e. The number of piperazine rings is 1. The number of fused-ring (bicyclic) bond motifs is 1. The number of para-hydroxylation sites is 2. The molecule has 3 aromatic rings. The van der Waals surface area contributed by atoms with Gasteiger partial charge in [0.2, 0.25) is 5.91 Å². The first-order chi connectivity index (χ1) is 14.0. The van der Waals surface area contributed by atoms with E-state index >= 15 is 0 Å². The van der Waals surface area contributed by atoms with Crippen LogP contribution in [0.4, 0.5) is 10.1 Å². The number of carboxylic acids is 1. The molecular weight excluding hydrogens is 373 g/mol. The molecule has 0 radical (unpaired) electrons. The van der Waals surface area contributed by atoms with Crippen molar-refractivity contribution in [2.45, 2.75) is 6.42 Å². The fourth-order valence-electron chi connectivity index (χ4n) is 4.09. The van der Waals surface area contributed by atoms with Crippen LogP contribution in [-0.2, 0) is 18.3 Å². The number of carboxylic acid groups (broad SMARTS) is 1. The lowest BCUT2D eigenvalue weighted by molar-refractivity contribution is -0.130. The second-order valence-electron chi connectivity index (χ2n) is 7.20. The second kappa shape index (κ2) is 7.58. The maximum Gasteiger partial charge on any atom is 0.352 e. The average Bonchev–Trinajstić information content (AvgIpc) is 3.00. The predicted molar refractivity (Wildman–Crippen MR) is 109 cm³/mol. The number of aromatic nitrogens is 1. The molecule has 0 aliphatic carbocycles. The van der Waals surface area contributed by atoms with Gasteiger partial charge in [-0.2, -0.15) is 0 Å². The van der Waals surface area contributed by atoms with E-state index in [1.807, 2.05) is 29.2 Å². The highest BCUT2D eigenvalue weighted by Crippen LogP contribution is 2.27. The number of rotatable bonds is 4. The van der Waals surface area contributed by atoms with E-state index in [2.05, 4.69) is 0 Å². The Bertz CT molecular complexity index is 1080. The van der Waals surface area contributed by atoms with E-state index in [4.69, 9.17) is 0 Å². The van der Waals surface area contributed by atoms with E-state index in [9.17, 15) is 19.1 Å². The summed E-state index contributed by atoms with van der Waals surface area (Å²) < 4.78 is 15.6. The number of hydrogen-bond donors (Lipinski definition) is 1. The highest BCUT2D eigenvalue weighted by Gasteiger charge is 2.27. The minimum atomic E-state index is -1.05. The normalized spacial score (nSPS) is 14.4. The Morgan fingerprint density at radius 1 is 1.00 bits per heavy atom. The number of hydrogen-bond acceptors (Lipinski definition) is 3. The molecule has 0 saturated carbocycles. The molecule has 4 rings (SSSR count). The summed E-state index contributed by atoms with van der Waals surface area (Å²) in [5.74, 6) is -1.43. The van der Waals surface area contributed by atoms with Gasteiger partial charge in [0.15, 0.2) is 0 Å². The van der Waals surface area contributed by atoms with Gasteiger partial charge in [-0.15, -0.1) is 0 Å². The maximum absolute atomic E-state index is 14.0. The predicted octanol–water partition coefficient (Wildman–Crippen LogP) is 2.91. The fourth-order valence-corrected chi connectivity index (χ4v) is 4.09. The maximum atomic E-state index is 14.0. The van der Waals surface area contributed by atoms with Crippen molar-refractivity contribution in [3.05, 3.63) is 65.6 Å². The Balaban J connectivity index is 1.52. The van der Waals surface area contributed by atoms with Crippen molar-refractivity contribution in [2.24, 2.45) is 7.05 Å². The molecule has 0 atom stereocenters. The zero-order chi connectivity index (χ0) is 20.5. The summed E-state index contributed by atoms with van der Waals surface area (Å²) in [6.07, 6.45) is 0.0304. The number of amides is 1. The highest BCUT2D eigenvalue weighted by atomic mass is 19.1. The number of carbonyl (C=O) groups excluding carboxylic acids is 1. The third-order valence-corrected chi connectivity index (χ3v) is 5.57. The van der Waals surface area contributed by atoms with Crippen molar-refractivity contribution in [1.82, 2.24) is 9.47 Å². The zero-order valence-electron chi connectivity index (χ0n) is 16.1. The van der Waals surface area contributed by atoms with Gasteiger partial charge in [0.25, 0.3) is 0 Å². The summed E-state index contributed by atoms with van der Waals surface area (Å²) in [5.41, 5.74) is 2.01. The topological polar surface area (TPSA) is 65.8 Å². The summed E-state index contributed by atoms with van der Waals surface area (Å²) in [6.45, 7) is 2.02. The molecule has 2 aromatic carbocycles. The van der Waals surface area contributed by atoms with Crippen LogP contribution in [0.1, 0.15) is 16.1 Å². The van der Waals surface area contributed by atoms with E-state index in [0.29, 0.717) is 37.4 Å². The van der Waals surface area contributed by atoms with Crippen LogP contribution < -0.4 is 4.90 Å². The van der Waals surface area contributed by atoms with Gasteiger partial charge in [-0.3, -0.25) is 4.79 Å². The van der Waals surface area contributed by atoms with Gasteiger partial charge in [-0.1, -0.05) is 30.3 Å². The summed E-state index contributed by atoms with van der Waals surface area (Å²) in [7, 11) is 1.70. The summed E-state index contributed by atoms with van der Waals surface area (Å²) in [6, 6.07) is 14.0. The first kappa shape index (κ1) is 19.0. The second-order valence-corrected chi connectivity index (χ2v) is 7.20. The Morgan fingerprint density at radius 3 is 2.34 bits per heavy atom. The van der Waals surface area contributed by atoms with Gasteiger partial charge < -0.3 is 19.5 Å². The number of anilines is 1. The van der Waals surface area contributed by atoms with Gasteiger partial charge in [0.1, 0.15) is 11.5 Å². The third kappa shape index (κ3) is 3.44. The Morgan fingerprint density at radius 2 is 1.66 bits per heavy atom. The van der Waals surface area contributed by atoms with Gasteiger partial charge in [0, 0.05) is 49.7 Å². The van der Waals surface area contributed by atoms with Crippen molar-refractivity contribution < 1.29 is 19.1 Å². The van der Waals surface area contributed by atoms with Crippen molar-refractivity contribution in [3.63, 3.8) is 0 Å². The molecule has 7 heteroatoms. The molecule has 1 aliphatic heterocycles. The molecule has 0 spiro atoms. The lowest BCUT2D eigenvalue weighted by Gasteiger charge is -2.36. The molecule has 29 heavy (non-hydrogen) atoms. The van der Waals surface area contributed by atoms with Crippen LogP contribution in [0.3, 0.4) is 0 Å². The van der Waals surface area contributed by atoms with Crippen LogP contribution in [0.5, 0.6) is 0 Å². The van der Waals surface area contributed by atoms with E-state index in [0.717, 1.165) is 10.9 Å². The van der Waals surface area contributed by atoms with Crippen LogP contribution in [-0.4, -0.2) is 52.6 Å². The number of nitrogens with zero attached hydrogens (tertiary/aromatic N) is 3. The fraction of sp³-hybridized carbons (Fsp3) is 0.273. The van der Waals surface area contributed by atoms with E-state index in [-0.39, 0.29) is 23.8 Å². The number of aromatic carboxylic acids is 1. The number of benzene rings is 2. The highest BCUT2D eigenvalue weighted by molar-refractivity contribution is 6.00. The van der Waals surface area contributed by atoms with Crippen LogP contribution >= 0.6 is 0 Å². The standard InChI is InChI=1S/C22H22FN3O3/c1-24-18-8-4-2-6-15(18)16(21(24)22(28)29)14-20(27)26-12-10-25(11-13-26)19-9-5-3-7-17(19)23/h2-9H,10-14H2,1H3,(H,28,29). The van der Waals surface area contributed by atoms with Crippen LogP contribution in [0.2, 0.25) is 0 Å². The van der Waals surface area contributed by atoms with Gasteiger partial charge in [0.05, 0.1) is 12.1 Å². The molecule has 2 heterocycles. The largest absolute Gasteiger partial charge is 0.477 e. The van der Waals surface area contributed by atoms with Gasteiger partial charge in [-0.25, -0.2) is 9.18 Å². The van der Waals surface area contributed by atoms with E-state index in [1.54, 1.807) is 34.7 Å². The lowest BCUT2D eigenvalue weighted by atomic mass is 10.1. The molecule has 1 N–H and O–H groups in total. The number of carbonyl (C=O) groups is 2. The average molecular weight is 395 g/mol. The smallest absolute Gasteiger partial charge is 0.352 e. The first-order valence-corrected chi connectivity index (χ1v) is 9.54. The quantitative estimate of drug-likeness (QED) is 0.738. The SMILES string of the molecule is Cn1c(C(=O)O)c(CC(=O)N2CCN(c3ccccc3F)CC2)c2ccccc21. The first-order valence-electron chi connectivity index (χ1n) is 9.54.